The first-order valence-corrected chi connectivity index (χ1v) is 8.14. The van der Waals surface area contributed by atoms with Gasteiger partial charge in [-0.05, 0) is 39.8 Å². The van der Waals surface area contributed by atoms with Gasteiger partial charge < -0.3 is 19.5 Å². The van der Waals surface area contributed by atoms with Gasteiger partial charge in [0.05, 0.1) is 13.0 Å². The van der Waals surface area contributed by atoms with Crippen LogP contribution < -0.4 is 0 Å². The van der Waals surface area contributed by atoms with Crippen LogP contribution in [0.3, 0.4) is 0 Å². The largest absolute Gasteiger partial charge is 0.466 e. The summed E-state index contributed by atoms with van der Waals surface area (Å²) >= 11 is 0. The molecule has 0 saturated heterocycles. The van der Waals surface area contributed by atoms with Crippen LogP contribution in [0.5, 0.6) is 0 Å². The Balaban J connectivity index is 3.66. The second kappa shape index (κ2) is 13.5. The molecule has 0 saturated carbocycles. The van der Waals surface area contributed by atoms with Gasteiger partial charge in [0.25, 0.3) is 0 Å². The molecule has 0 heterocycles. The van der Waals surface area contributed by atoms with E-state index in [-0.39, 0.29) is 31.3 Å². The Bertz CT molecular complexity index is 309. The van der Waals surface area contributed by atoms with Gasteiger partial charge in [0, 0.05) is 26.0 Å². The van der Waals surface area contributed by atoms with Gasteiger partial charge in [-0.2, -0.15) is 0 Å². The van der Waals surface area contributed by atoms with Crippen molar-refractivity contribution in [2.45, 2.75) is 58.5 Å². The first kappa shape index (κ1) is 20.9. The van der Waals surface area contributed by atoms with Crippen molar-refractivity contribution in [2.24, 2.45) is 0 Å². The van der Waals surface area contributed by atoms with Gasteiger partial charge in [-0.15, -0.1) is 0 Å². The van der Waals surface area contributed by atoms with Crippen molar-refractivity contribution >= 4 is 11.9 Å². The van der Waals surface area contributed by atoms with E-state index in [1.165, 1.54) is 0 Å². The highest BCUT2D eigenvalue weighted by atomic mass is 16.6. The van der Waals surface area contributed by atoms with Gasteiger partial charge in [-0.3, -0.25) is 9.59 Å². The second-order valence-electron chi connectivity index (χ2n) is 5.54. The number of unbranched alkanes of at least 4 members (excludes halogenated alkanes) is 1. The van der Waals surface area contributed by atoms with Gasteiger partial charge in [-0.1, -0.05) is 6.92 Å². The molecule has 0 amide bonds. The number of carbonyl (C=O) groups excluding carboxylic acids is 2. The van der Waals surface area contributed by atoms with E-state index >= 15 is 0 Å². The summed E-state index contributed by atoms with van der Waals surface area (Å²) < 4.78 is 10.3. The van der Waals surface area contributed by atoms with Crippen LogP contribution in [0.1, 0.15) is 52.4 Å². The molecule has 130 valence electrons. The molecule has 22 heavy (non-hydrogen) atoms. The molecule has 0 aliphatic carbocycles. The van der Waals surface area contributed by atoms with Crippen LogP contribution in [0, 0.1) is 0 Å². The fourth-order valence-corrected chi connectivity index (χ4v) is 1.84. The van der Waals surface area contributed by atoms with Crippen LogP contribution in [0.25, 0.3) is 0 Å². The van der Waals surface area contributed by atoms with Crippen LogP contribution in [0.4, 0.5) is 0 Å². The van der Waals surface area contributed by atoms with Gasteiger partial charge in [0.15, 0.2) is 0 Å². The lowest BCUT2D eigenvalue weighted by molar-refractivity contribution is -0.150. The first-order chi connectivity index (χ1) is 10.5. The lowest BCUT2D eigenvalue weighted by atomic mass is 10.3. The Labute approximate surface area is 133 Å². The number of carbonyl (C=O) groups is 2. The maximum atomic E-state index is 11.7. The number of aliphatic hydroxyl groups excluding tert-OH is 1. The van der Waals surface area contributed by atoms with Crippen LogP contribution >= 0.6 is 0 Å². The highest BCUT2D eigenvalue weighted by molar-refractivity contribution is 5.70. The standard InChI is InChI=1S/C16H31NO5/c1-4-7-15(19)21-13-9-14(2)22-16(20)8-11-17(3)10-5-6-12-18/h14,18H,4-13H2,1-3H3. The molecule has 6 nitrogen and oxygen atoms in total. The highest BCUT2D eigenvalue weighted by Gasteiger charge is 2.11. The van der Waals surface area contributed by atoms with Crippen molar-refractivity contribution in [2.75, 3.05) is 33.4 Å². The maximum absolute atomic E-state index is 11.7. The molecule has 1 atom stereocenters. The van der Waals surface area contributed by atoms with Crippen molar-refractivity contribution < 1.29 is 24.2 Å². The lowest BCUT2D eigenvalue weighted by Crippen LogP contribution is -2.25. The minimum absolute atomic E-state index is 0.203. The summed E-state index contributed by atoms with van der Waals surface area (Å²) in [5.74, 6) is -0.438. The van der Waals surface area contributed by atoms with Crippen molar-refractivity contribution in [1.82, 2.24) is 4.90 Å². The molecule has 1 N–H and O–H groups in total. The normalized spacial score (nSPS) is 12.2. The Morgan fingerprint density at radius 2 is 1.86 bits per heavy atom. The van der Waals surface area contributed by atoms with E-state index in [1.54, 1.807) is 6.92 Å². The van der Waals surface area contributed by atoms with Crippen molar-refractivity contribution in [3.8, 4) is 0 Å². The number of esters is 2. The Morgan fingerprint density at radius 1 is 1.14 bits per heavy atom. The Hall–Kier alpha value is -1.14. The molecule has 0 rings (SSSR count). The third-order valence-electron chi connectivity index (χ3n) is 3.22. The van der Waals surface area contributed by atoms with Crippen molar-refractivity contribution in [3.63, 3.8) is 0 Å². The molecule has 0 aliphatic rings. The molecule has 6 heteroatoms. The fraction of sp³-hybridized carbons (Fsp3) is 0.875. The van der Waals surface area contributed by atoms with Gasteiger partial charge in [0.2, 0.25) is 0 Å². The van der Waals surface area contributed by atoms with E-state index in [0.717, 1.165) is 25.8 Å². The Morgan fingerprint density at radius 3 is 2.50 bits per heavy atom. The average Bonchev–Trinajstić information content (AvgIpc) is 2.45. The minimum atomic E-state index is -0.248. The van der Waals surface area contributed by atoms with Crippen molar-refractivity contribution in [3.05, 3.63) is 0 Å². The van der Waals surface area contributed by atoms with Crippen LogP contribution in [0.15, 0.2) is 0 Å². The van der Waals surface area contributed by atoms with Gasteiger partial charge in [-0.25, -0.2) is 0 Å². The lowest BCUT2D eigenvalue weighted by Gasteiger charge is -2.17. The molecule has 0 aliphatic heterocycles. The van der Waals surface area contributed by atoms with E-state index < -0.39 is 0 Å². The summed E-state index contributed by atoms with van der Waals surface area (Å²) in [7, 11) is 1.95. The van der Waals surface area contributed by atoms with Gasteiger partial charge in [0.1, 0.15) is 6.10 Å². The van der Waals surface area contributed by atoms with E-state index in [2.05, 4.69) is 0 Å². The summed E-state index contributed by atoms with van der Waals surface area (Å²) in [5.41, 5.74) is 0. The Kier molecular flexibility index (Phi) is 12.8. The zero-order valence-corrected chi connectivity index (χ0v) is 14.2. The molecule has 0 radical (unpaired) electrons. The summed E-state index contributed by atoms with van der Waals surface area (Å²) in [4.78, 5) is 24.9. The molecule has 0 bridgehead atoms. The molecule has 0 fully saturated rings. The number of nitrogens with zero attached hydrogens (tertiary/aromatic N) is 1. The molecule has 0 aromatic rings. The first-order valence-electron chi connectivity index (χ1n) is 8.14. The van der Waals surface area contributed by atoms with Crippen LogP contribution in [0.2, 0.25) is 0 Å². The molecule has 0 spiro atoms. The van der Waals surface area contributed by atoms with Crippen LogP contribution in [-0.4, -0.2) is 61.4 Å². The fourth-order valence-electron chi connectivity index (χ4n) is 1.84. The monoisotopic (exact) mass is 317 g/mol. The number of ether oxygens (including phenoxy) is 2. The molecular weight excluding hydrogens is 286 g/mol. The number of rotatable bonds is 13. The number of hydrogen-bond donors (Lipinski definition) is 1. The third-order valence-corrected chi connectivity index (χ3v) is 3.22. The average molecular weight is 317 g/mol. The smallest absolute Gasteiger partial charge is 0.307 e. The van der Waals surface area contributed by atoms with Gasteiger partial charge >= 0.3 is 11.9 Å². The summed E-state index contributed by atoms with van der Waals surface area (Å²) in [6, 6.07) is 0. The SMILES string of the molecule is CCCC(=O)OCCC(C)OC(=O)CCN(C)CCCCO. The summed E-state index contributed by atoms with van der Waals surface area (Å²) in [6.45, 7) is 5.72. The predicted octanol–water partition coefficient (Wildman–Crippen LogP) is 1.75. The summed E-state index contributed by atoms with van der Waals surface area (Å²) in [6.07, 6.45) is 3.51. The van der Waals surface area contributed by atoms with Crippen LogP contribution in [-0.2, 0) is 19.1 Å². The molecule has 0 aromatic heterocycles. The minimum Gasteiger partial charge on any atom is -0.466 e. The molecular formula is C16H31NO5. The van der Waals surface area contributed by atoms with E-state index in [0.29, 0.717) is 25.8 Å². The van der Waals surface area contributed by atoms with Crippen molar-refractivity contribution in [1.29, 1.82) is 0 Å². The zero-order valence-electron chi connectivity index (χ0n) is 14.2. The second-order valence-corrected chi connectivity index (χ2v) is 5.54. The van der Waals surface area contributed by atoms with E-state index in [4.69, 9.17) is 14.6 Å². The zero-order chi connectivity index (χ0) is 16.8. The topological polar surface area (TPSA) is 76.1 Å². The number of aliphatic hydroxyl groups is 1. The predicted molar refractivity (Wildman–Crippen MR) is 84.5 cm³/mol. The summed E-state index contributed by atoms with van der Waals surface area (Å²) in [5, 5.41) is 8.71. The maximum Gasteiger partial charge on any atom is 0.307 e. The van der Waals surface area contributed by atoms with E-state index in [9.17, 15) is 9.59 Å². The molecule has 1 unspecified atom stereocenters. The third kappa shape index (κ3) is 12.6. The number of hydrogen-bond acceptors (Lipinski definition) is 6. The highest BCUT2D eigenvalue weighted by Crippen LogP contribution is 2.03. The quantitative estimate of drug-likeness (QED) is 0.412. The molecule has 0 aromatic carbocycles. The van der Waals surface area contributed by atoms with E-state index in [1.807, 2.05) is 18.9 Å².